The Balaban J connectivity index is 1.76. The van der Waals surface area contributed by atoms with Crippen molar-refractivity contribution >= 4 is 11.7 Å². The number of carbonyl (C=O) groups excluding carboxylic acids is 1. The lowest BCUT2D eigenvalue weighted by Crippen LogP contribution is -2.10. The van der Waals surface area contributed by atoms with Crippen LogP contribution in [-0.4, -0.2) is 29.3 Å². The van der Waals surface area contributed by atoms with E-state index in [1.807, 2.05) is 26.0 Å². The predicted octanol–water partition coefficient (Wildman–Crippen LogP) is 4.48. The van der Waals surface area contributed by atoms with E-state index >= 15 is 0 Å². The van der Waals surface area contributed by atoms with Crippen LogP contribution in [-0.2, 0) is 17.7 Å². The number of rotatable bonds is 8. The number of methoxy groups -OCH3 is 1. The molecular formula is C22H25N3O4. The number of esters is 1. The quantitative estimate of drug-likeness (QED) is 0.563. The highest BCUT2D eigenvalue weighted by Crippen LogP contribution is 2.28. The largest absolute Gasteiger partial charge is 0.489 e. The van der Waals surface area contributed by atoms with E-state index < -0.39 is 5.97 Å². The molecule has 0 atom stereocenters. The Labute approximate surface area is 170 Å². The fourth-order valence-corrected chi connectivity index (χ4v) is 2.77. The molecule has 0 fully saturated rings. The van der Waals surface area contributed by atoms with Crippen LogP contribution in [0.2, 0.25) is 0 Å². The highest BCUT2D eigenvalue weighted by molar-refractivity contribution is 5.91. The summed E-state index contributed by atoms with van der Waals surface area (Å²) in [6, 6.07) is 13.2. The van der Waals surface area contributed by atoms with Crippen LogP contribution in [0.4, 0.5) is 5.69 Å². The molecule has 0 saturated carbocycles. The van der Waals surface area contributed by atoms with Gasteiger partial charge in [-0.2, -0.15) is 4.98 Å². The van der Waals surface area contributed by atoms with E-state index in [2.05, 4.69) is 34.5 Å². The summed E-state index contributed by atoms with van der Waals surface area (Å²) in [4.78, 5) is 16.3. The molecule has 3 aromatic rings. The fraction of sp³-hybridized carbons (Fsp3) is 0.318. The van der Waals surface area contributed by atoms with E-state index in [9.17, 15) is 4.79 Å². The maximum atomic E-state index is 11.8. The van der Waals surface area contributed by atoms with Crippen molar-refractivity contribution in [1.82, 2.24) is 10.1 Å². The number of hydrogen-bond donors (Lipinski definition) is 1. The summed E-state index contributed by atoms with van der Waals surface area (Å²) in [6.45, 7) is 6.27. The monoisotopic (exact) mass is 395 g/mol. The van der Waals surface area contributed by atoms with Gasteiger partial charge < -0.3 is 19.3 Å². The number of anilines is 1. The zero-order valence-electron chi connectivity index (χ0n) is 17.1. The summed E-state index contributed by atoms with van der Waals surface area (Å²) in [5, 5.41) is 7.26. The molecule has 0 spiro atoms. The Kier molecular flexibility index (Phi) is 6.49. The van der Waals surface area contributed by atoms with E-state index in [1.54, 1.807) is 18.2 Å². The lowest BCUT2D eigenvalue weighted by molar-refractivity contribution is 0.0600. The van der Waals surface area contributed by atoms with E-state index in [0.29, 0.717) is 35.3 Å². The molecule has 1 heterocycles. The summed E-state index contributed by atoms with van der Waals surface area (Å²) in [5.74, 6) is 1.17. The first-order valence-corrected chi connectivity index (χ1v) is 9.55. The molecule has 0 aliphatic rings. The number of benzene rings is 2. The van der Waals surface area contributed by atoms with Gasteiger partial charge in [-0.3, -0.25) is 0 Å². The average Bonchev–Trinajstić information content (AvgIpc) is 3.21. The topological polar surface area (TPSA) is 86.5 Å². The van der Waals surface area contributed by atoms with Crippen molar-refractivity contribution in [2.75, 3.05) is 12.4 Å². The van der Waals surface area contributed by atoms with Gasteiger partial charge in [0.2, 0.25) is 11.7 Å². The minimum Gasteiger partial charge on any atom is -0.489 e. The van der Waals surface area contributed by atoms with Crippen molar-refractivity contribution < 1.29 is 18.8 Å². The van der Waals surface area contributed by atoms with Crippen LogP contribution in [0.3, 0.4) is 0 Å². The SMILES string of the molecule is CCc1ccc(-c2noc(CNc3cc(C(=O)OC)ccc3OC(C)C)n2)cc1. The highest BCUT2D eigenvalue weighted by atomic mass is 16.5. The number of nitrogens with one attached hydrogen (secondary N) is 1. The molecule has 0 radical (unpaired) electrons. The average molecular weight is 395 g/mol. The molecule has 0 aliphatic carbocycles. The fourth-order valence-electron chi connectivity index (χ4n) is 2.77. The van der Waals surface area contributed by atoms with Crippen molar-refractivity contribution in [2.45, 2.75) is 39.8 Å². The molecule has 7 nitrogen and oxygen atoms in total. The summed E-state index contributed by atoms with van der Waals surface area (Å²) >= 11 is 0. The second kappa shape index (κ2) is 9.23. The van der Waals surface area contributed by atoms with Crippen molar-refractivity contribution in [1.29, 1.82) is 0 Å². The Morgan fingerprint density at radius 3 is 2.59 bits per heavy atom. The molecule has 152 valence electrons. The second-order valence-electron chi connectivity index (χ2n) is 6.78. The number of aromatic nitrogens is 2. The van der Waals surface area contributed by atoms with Crippen LogP contribution in [0.5, 0.6) is 5.75 Å². The maximum Gasteiger partial charge on any atom is 0.337 e. The van der Waals surface area contributed by atoms with Gasteiger partial charge in [0, 0.05) is 5.56 Å². The molecule has 3 rings (SSSR count). The van der Waals surface area contributed by atoms with Crippen LogP contribution in [0.1, 0.15) is 42.6 Å². The molecule has 1 aromatic heterocycles. The van der Waals surface area contributed by atoms with Gasteiger partial charge in [-0.15, -0.1) is 0 Å². The first-order valence-electron chi connectivity index (χ1n) is 9.55. The minimum absolute atomic E-state index is 0.0133. The van der Waals surface area contributed by atoms with Gasteiger partial charge in [0.15, 0.2) is 0 Å². The van der Waals surface area contributed by atoms with E-state index in [0.717, 1.165) is 12.0 Å². The molecule has 7 heteroatoms. The van der Waals surface area contributed by atoms with Crippen LogP contribution < -0.4 is 10.1 Å². The van der Waals surface area contributed by atoms with Crippen LogP contribution in [0, 0.1) is 0 Å². The molecule has 0 amide bonds. The Hall–Kier alpha value is -3.35. The van der Waals surface area contributed by atoms with E-state index in [-0.39, 0.29) is 6.10 Å². The van der Waals surface area contributed by atoms with Gasteiger partial charge in [-0.05, 0) is 44.0 Å². The molecule has 0 aliphatic heterocycles. The van der Waals surface area contributed by atoms with Gasteiger partial charge in [-0.25, -0.2) is 4.79 Å². The molecule has 29 heavy (non-hydrogen) atoms. The Morgan fingerprint density at radius 1 is 1.17 bits per heavy atom. The third kappa shape index (κ3) is 5.13. The molecule has 0 bridgehead atoms. The first-order chi connectivity index (χ1) is 14.0. The van der Waals surface area contributed by atoms with Crippen molar-refractivity contribution in [3.63, 3.8) is 0 Å². The van der Waals surface area contributed by atoms with E-state index in [4.69, 9.17) is 14.0 Å². The van der Waals surface area contributed by atoms with E-state index in [1.165, 1.54) is 12.7 Å². The van der Waals surface area contributed by atoms with Gasteiger partial charge in [-0.1, -0.05) is 36.3 Å². The number of aryl methyl sites for hydroxylation is 1. The van der Waals surface area contributed by atoms with Gasteiger partial charge in [0.05, 0.1) is 31.0 Å². The number of nitrogens with zero attached hydrogens (tertiary/aromatic N) is 2. The van der Waals surface area contributed by atoms with Crippen LogP contribution >= 0.6 is 0 Å². The van der Waals surface area contributed by atoms with Crippen molar-refractivity contribution in [3.05, 3.63) is 59.5 Å². The summed E-state index contributed by atoms with van der Waals surface area (Å²) in [7, 11) is 1.35. The Morgan fingerprint density at radius 2 is 1.93 bits per heavy atom. The minimum atomic E-state index is -0.417. The number of carbonyl (C=O) groups is 1. The van der Waals surface area contributed by atoms with Crippen LogP contribution in [0.25, 0.3) is 11.4 Å². The zero-order valence-corrected chi connectivity index (χ0v) is 17.1. The summed E-state index contributed by atoms with van der Waals surface area (Å²) in [6.07, 6.45) is 0.966. The summed E-state index contributed by atoms with van der Waals surface area (Å²) in [5.41, 5.74) is 3.22. The lowest BCUT2D eigenvalue weighted by Gasteiger charge is -2.15. The number of hydrogen-bond acceptors (Lipinski definition) is 7. The summed E-state index contributed by atoms with van der Waals surface area (Å²) < 4.78 is 16.0. The molecule has 1 N–H and O–H groups in total. The van der Waals surface area contributed by atoms with Crippen molar-refractivity contribution in [2.24, 2.45) is 0 Å². The normalized spacial score (nSPS) is 10.8. The standard InChI is InChI=1S/C22H25N3O4/c1-5-15-6-8-16(9-7-15)21-24-20(29-25-21)13-23-18-12-17(22(26)27-4)10-11-19(18)28-14(2)3/h6-12,14,23H,5,13H2,1-4H3. The van der Waals surface area contributed by atoms with Gasteiger partial charge >= 0.3 is 5.97 Å². The molecule has 2 aromatic carbocycles. The maximum absolute atomic E-state index is 11.8. The van der Waals surface area contributed by atoms with Gasteiger partial charge in [0.1, 0.15) is 5.75 Å². The van der Waals surface area contributed by atoms with Crippen LogP contribution in [0.15, 0.2) is 47.0 Å². The molecule has 0 saturated heterocycles. The molecule has 0 unspecified atom stereocenters. The third-order valence-corrected chi connectivity index (χ3v) is 4.28. The lowest BCUT2D eigenvalue weighted by atomic mass is 10.1. The number of ether oxygens (including phenoxy) is 2. The predicted molar refractivity (Wildman–Crippen MR) is 110 cm³/mol. The Bertz CT molecular complexity index is 964. The van der Waals surface area contributed by atoms with Crippen molar-refractivity contribution in [3.8, 4) is 17.1 Å². The third-order valence-electron chi connectivity index (χ3n) is 4.28. The smallest absolute Gasteiger partial charge is 0.337 e. The highest BCUT2D eigenvalue weighted by Gasteiger charge is 2.14. The zero-order chi connectivity index (χ0) is 20.8. The first kappa shape index (κ1) is 20.4. The molecular weight excluding hydrogens is 370 g/mol. The second-order valence-corrected chi connectivity index (χ2v) is 6.78. The van der Waals surface area contributed by atoms with Gasteiger partial charge in [0.25, 0.3) is 0 Å².